The van der Waals surface area contributed by atoms with Crippen molar-refractivity contribution in [3.8, 4) is 22.8 Å². The highest BCUT2D eigenvalue weighted by Gasteiger charge is 2.23. The summed E-state index contributed by atoms with van der Waals surface area (Å²) < 4.78 is 16.4. The van der Waals surface area contributed by atoms with Crippen LogP contribution in [0.1, 0.15) is 31.6 Å². The summed E-state index contributed by atoms with van der Waals surface area (Å²) in [6, 6.07) is 12.8. The lowest BCUT2D eigenvalue weighted by Gasteiger charge is -2.28. The summed E-state index contributed by atoms with van der Waals surface area (Å²) in [5, 5.41) is 2.89. The Labute approximate surface area is 192 Å². The van der Waals surface area contributed by atoms with Crippen LogP contribution in [0.3, 0.4) is 0 Å². The van der Waals surface area contributed by atoms with Crippen LogP contribution in [0.5, 0.6) is 11.5 Å². The van der Waals surface area contributed by atoms with E-state index in [-0.39, 0.29) is 18.2 Å². The van der Waals surface area contributed by atoms with Gasteiger partial charge in [-0.1, -0.05) is 0 Å². The molecule has 8 heteroatoms. The van der Waals surface area contributed by atoms with Crippen molar-refractivity contribution < 1.29 is 23.5 Å². The zero-order chi connectivity index (χ0) is 23.2. The molecule has 0 saturated carbocycles. The van der Waals surface area contributed by atoms with Gasteiger partial charge < -0.3 is 24.1 Å². The van der Waals surface area contributed by atoms with Crippen molar-refractivity contribution in [2.75, 3.05) is 31.0 Å². The molecule has 4 rings (SSSR count). The van der Waals surface area contributed by atoms with Gasteiger partial charge in [-0.25, -0.2) is 4.98 Å². The van der Waals surface area contributed by atoms with Crippen molar-refractivity contribution in [2.24, 2.45) is 0 Å². The number of amides is 2. The maximum Gasteiger partial charge on any atom is 0.227 e. The molecule has 2 heterocycles. The second-order valence-corrected chi connectivity index (χ2v) is 7.78. The van der Waals surface area contributed by atoms with Gasteiger partial charge in [0.25, 0.3) is 0 Å². The van der Waals surface area contributed by atoms with Crippen LogP contribution in [0.15, 0.2) is 53.1 Å². The van der Waals surface area contributed by atoms with Gasteiger partial charge in [-0.2, -0.15) is 0 Å². The second-order valence-electron chi connectivity index (χ2n) is 7.78. The molecule has 8 nitrogen and oxygen atoms in total. The van der Waals surface area contributed by atoms with Crippen LogP contribution in [0.2, 0.25) is 0 Å². The maximum absolute atomic E-state index is 12.5. The highest BCUT2D eigenvalue weighted by molar-refractivity contribution is 5.97. The molecule has 1 aliphatic rings. The normalized spacial score (nSPS) is 13.6. The van der Waals surface area contributed by atoms with Gasteiger partial charge in [0.1, 0.15) is 11.5 Å². The van der Waals surface area contributed by atoms with E-state index < -0.39 is 0 Å². The Hall–Kier alpha value is -3.81. The zero-order valence-corrected chi connectivity index (χ0v) is 18.8. The van der Waals surface area contributed by atoms with Crippen LogP contribution in [0.4, 0.5) is 11.4 Å². The third-order valence-electron chi connectivity index (χ3n) is 5.57. The Morgan fingerprint density at radius 3 is 2.67 bits per heavy atom. The number of carbonyl (C=O) groups is 2. The number of nitrogens with zero attached hydrogens (tertiary/aromatic N) is 2. The fourth-order valence-electron chi connectivity index (χ4n) is 3.80. The number of ether oxygens (including phenoxy) is 2. The SMILES string of the molecule is COc1ccc(-c2cnc(CCC(=O)Nc3ccc(OC)c(N4CCCCC4=O)c3)o2)cc1. The van der Waals surface area contributed by atoms with E-state index in [1.165, 1.54) is 0 Å². The fraction of sp³-hybridized carbons (Fsp3) is 0.320. The summed E-state index contributed by atoms with van der Waals surface area (Å²) in [5.74, 6) is 2.40. The summed E-state index contributed by atoms with van der Waals surface area (Å²) >= 11 is 0. The van der Waals surface area contributed by atoms with Crippen molar-refractivity contribution in [1.82, 2.24) is 4.98 Å². The summed E-state index contributed by atoms with van der Waals surface area (Å²) in [6.45, 7) is 0.646. The summed E-state index contributed by atoms with van der Waals surface area (Å²) in [7, 11) is 3.19. The lowest BCUT2D eigenvalue weighted by molar-refractivity contribution is -0.119. The molecule has 0 radical (unpaired) electrons. The molecule has 0 bridgehead atoms. The number of methoxy groups -OCH3 is 2. The van der Waals surface area contributed by atoms with Crippen LogP contribution < -0.4 is 19.7 Å². The van der Waals surface area contributed by atoms with Gasteiger partial charge in [0.05, 0.1) is 26.1 Å². The van der Waals surface area contributed by atoms with Crippen molar-refractivity contribution in [2.45, 2.75) is 32.1 Å². The first kappa shape index (κ1) is 22.4. The summed E-state index contributed by atoms with van der Waals surface area (Å²) in [5.41, 5.74) is 2.18. The summed E-state index contributed by atoms with van der Waals surface area (Å²) in [4.78, 5) is 30.9. The van der Waals surface area contributed by atoms with Crippen LogP contribution in [-0.2, 0) is 16.0 Å². The van der Waals surface area contributed by atoms with Gasteiger partial charge in [-0.15, -0.1) is 0 Å². The van der Waals surface area contributed by atoms with E-state index in [4.69, 9.17) is 13.9 Å². The monoisotopic (exact) mass is 449 g/mol. The molecule has 3 aromatic rings. The van der Waals surface area contributed by atoms with E-state index in [0.717, 1.165) is 24.2 Å². The lowest BCUT2D eigenvalue weighted by Crippen LogP contribution is -2.35. The molecular formula is C25H27N3O5. The van der Waals surface area contributed by atoms with E-state index in [9.17, 15) is 9.59 Å². The minimum Gasteiger partial charge on any atom is -0.497 e. The van der Waals surface area contributed by atoms with Crippen LogP contribution in [0.25, 0.3) is 11.3 Å². The molecule has 0 atom stereocenters. The van der Waals surface area contributed by atoms with E-state index in [1.54, 1.807) is 43.5 Å². The molecule has 1 saturated heterocycles. The third-order valence-corrected chi connectivity index (χ3v) is 5.57. The molecule has 1 aromatic heterocycles. The number of aryl methyl sites for hydroxylation is 1. The minimum absolute atomic E-state index is 0.0691. The van der Waals surface area contributed by atoms with Crippen molar-refractivity contribution >= 4 is 23.2 Å². The fourth-order valence-corrected chi connectivity index (χ4v) is 3.80. The third kappa shape index (κ3) is 5.34. The topological polar surface area (TPSA) is 93.9 Å². The molecule has 1 N–H and O–H groups in total. The Bertz CT molecular complexity index is 1120. The van der Waals surface area contributed by atoms with Gasteiger partial charge in [-0.3, -0.25) is 9.59 Å². The summed E-state index contributed by atoms with van der Waals surface area (Å²) in [6.07, 6.45) is 4.60. The molecule has 1 fully saturated rings. The number of rotatable bonds is 8. The lowest BCUT2D eigenvalue weighted by atomic mass is 10.1. The average molecular weight is 450 g/mol. The van der Waals surface area contributed by atoms with E-state index >= 15 is 0 Å². The highest BCUT2D eigenvalue weighted by Crippen LogP contribution is 2.33. The Morgan fingerprint density at radius 1 is 1.12 bits per heavy atom. The predicted molar refractivity (Wildman–Crippen MR) is 125 cm³/mol. The van der Waals surface area contributed by atoms with Crippen molar-refractivity contribution in [3.05, 3.63) is 54.6 Å². The first-order valence-corrected chi connectivity index (χ1v) is 10.9. The predicted octanol–water partition coefficient (Wildman–Crippen LogP) is 4.45. The number of piperidine rings is 1. The Morgan fingerprint density at radius 2 is 1.94 bits per heavy atom. The zero-order valence-electron chi connectivity index (χ0n) is 18.8. The molecule has 2 aromatic carbocycles. The number of anilines is 2. The first-order chi connectivity index (χ1) is 16.1. The highest BCUT2D eigenvalue weighted by atomic mass is 16.5. The standard InChI is InChI=1S/C25H27N3O5/c1-31-19-9-6-17(7-10-19)22-16-26-24(33-22)13-12-23(29)27-18-8-11-21(32-2)20(15-18)28-14-4-3-5-25(28)30/h6-11,15-16H,3-5,12-14H2,1-2H3,(H,27,29). The van der Waals surface area contributed by atoms with E-state index in [2.05, 4.69) is 10.3 Å². The quantitative estimate of drug-likeness (QED) is 0.546. The number of oxazole rings is 1. The number of hydrogen-bond acceptors (Lipinski definition) is 6. The number of carbonyl (C=O) groups excluding carboxylic acids is 2. The molecule has 2 amide bonds. The number of hydrogen-bond donors (Lipinski definition) is 1. The van der Waals surface area contributed by atoms with Gasteiger partial charge in [-0.05, 0) is 55.3 Å². The van der Waals surface area contributed by atoms with Crippen LogP contribution in [0, 0.1) is 0 Å². The number of aromatic nitrogens is 1. The molecular weight excluding hydrogens is 422 g/mol. The minimum atomic E-state index is -0.166. The molecule has 1 aliphatic heterocycles. The van der Waals surface area contributed by atoms with E-state index in [1.807, 2.05) is 24.3 Å². The average Bonchev–Trinajstić information content (AvgIpc) is 3.32. The maximum atomic E-state index is 12.5. The van der Waals surface area contributed by atoms with Gasteiger partial charge in [0, 0.05) is 37.1 Å². The Balaban J connectivity index is 1.37. The van der Waals surface area contributed by atoms with E-state index in [0.29, 0.717) is 48.2 Å². The molecule has 172 valence electrons. The van der Waals surface area contributed by atoms with Gasteiger partial charge in [0.2, 0.25) is 11.8 Å². The molecule has 0 spiro atoms. The largest absolute Gasteiger partial charge is 0.497 e. The van der Waals surface area contributed by atoms with Gasteiger partial charge in [0.15, 0.2) is 11.7 Å². The Kier molecular flexibility index (Phi) is 6.92. The first-order valence-electron chi connectivity index (χ1n) is 10.9. The molecule has 0 unspecified atom stereocenters. The van der Waals surface area contributed by atoms with Gasteiger partial charge >= 0.3 is 0 Å². The molecule has 33 heavy (non-hydrogen) atoms. The van der Waals surface area contributed by atoms with Crippen LogP contribution in [-0.4, -0.2) is 37.6 Å². The second kappa shape index (κ2) is 10.2. The molecule has 0 aliphatic carbocycles. The van der Waals surface area contributed by atoms with Crippen molar-refractivity contribution in [1.29, 1.82) is 0 Å². The van der Waals surface area contributed by atoms with Crippen molar-refractivity contribution in [3.63, 3.8) is 0 Å². The van der Waals surface area contributed by atoms with Crippen LogP contribution >= 0.6 is 0 Å². The number of nitrogens with one attached hydrogen (secondary N) is 1. The number of benzene rings is 2. The smallest absolute Gasteiger partial charge is 0.227 e.